The van der Waals surface area contributed by atoms with Gasteiger partial charge in [-0.05, 0) is 17.4 Å². The van der Waals surface area contributed by atoms with E-state index in [-0.39, 0.29) is 0 Å². The van der Waals surface area contributed by atoms with Crippen molar-refractivity contribution in [1.29, 1.82) is 0 Å². The van der Waals surface area contributed by atoms with Crippen LogP contribution >= 0.6 is 0 Å². The molecular weight excluding hydrogens is 376 g/mol. The van der Waals surface area contributed by atoms with Crippen LogP contribution in [0, 0.1) is 0 Å². The number of nitrogens with one attached hydrogen (secondary N) is 1. The van der Waals surface area contributed by atoms with Gasteiger partial charge in [0.05, 0.1) is 17.2 Å². The molecule has 0 radical (unpaired) electrons. The maximum Gasteiger partial charge on any atom is 0.191 e. The quantitative estimate of drug-likeness (QED) is 0.497. The molecule has 0 amide bonds. The van der Waals surface area contributed by atoms with Crippen LogP contribution in [0.25, 0.3) is 33.1 Å². The lowest BCUT2D eigenvalue weighted by atomic mass is 9.84. The molecule has 6 rings (SSSR count). The van der Waals surface area contributed by atoms with E-state index in [4.69, 9.17) is 0 Å². The van der Waals surface area contributed by atoms with Gasteiger partial charge in [-0.2, -0.15) is 0 Å². The summed E-state index contributed by atoms with van der Waals surface area (Å²) in [7, 11) is 0. The van der Waals surface area contributed by atoms with E-state index >= 15 is 0 Å². The van der Waals surface area contributed by atoms with Crippen molar-refractivity contribution < 1.29 is 0 Å². The Hall–Kier alpha value is -4.33. The molecule has 0 fully saturated rings. The summed E-state index contributed by atoms with van der Waals surface area (Å²) < 4.78 is 0. The largest absolute Gasteiger partial charge is 0.258 e. The van der Waals surface area contributed by atoms with Gasteiger partial charge < -0.3 is 0 Å². The molecule has 2 aromatic carbocycles. The summed E-state index contributed by atoms with van der Waals surface area (Å²) in [5.74, 6) is 0. The highest BCUT2D eigenvalue weighted by atomic mass is 15.4. The fraction of sp³-hybridized carbons (Fsp3) is 0.0455. The van der Waals surface area contributed by atoms with Crippen LogP contribution in [0.1, 0.15) is 11.3 Å². The van der Waals surface area contributed by atoms with E-state index in [2.05, 4.69) is 40.8 Å². The summed E-state index contributed by atoms with van der Waals surface area (Å²) in [5.41, 5.74) is 3.69. The van der Waals surface area contributed by atoms with Crippen LogP contribution in [-0.2, 0) is 5.54 Å². The molecule has 30 heavy (non-hydrogen) atoms. The molecule has 0 saturated heterocycles. The van der Waals surface area contributed by atoms with Crippen molar-refractivity contribution in [3.63, 3.8) is 0 Å². The van der Waals surface area contributed by atoms with E-state index in [1.54, 1.807) is 18.6 Å². The van der Waals surface area contributed by atoms with Gasteiger partial charge in [-0.3, -0.25) is 15.1 Å². The predicted octanol–water partition coefficient (Wildman–Crippen LogP) is 4.26. The number of H-pyrrole nitrogens is 1. The van der Waals surface area contributed by atoms with Gasteiger partial charge in [0.15, 0.2) is 5.54 Å². The first-order valence-electron chi connectivity index (χ1n) is 9.43. The van der Waals surface area contributed by atoms with Gasteiger partial charge in [0.2, 0.25) is 0 Å². The Bertz CT molecular complexity index is 1440. The summed E-state index contributed by atoms with van der Waals surface area (Å²) in [5, 5.41) is 26.2. The molecule has 1 atom stereocenters. The van der Waals surface area contributed by atoms with Gasteiger partial charge in [0.1, 0.15) is 11.4 Å². The van der Waals surface area contributed by atoms with Crippen molar-refractivity contribution in [1.82, 2.24) is 25.4 Å². The molecule has 5 aromatic rings. The molecule has 1 aliphatic heterocycles. The minimum atomic E-state index is -1.01. The molecule has 1 N–H and O–H groups in total. The van der Waals surface area contributed by atoms with Crippen molar-refractivity contribution >= 4 is 28.0 Å². The zero-order chi connectivity index (χ0) is 20.0. The second-order valence-corrected chi connectivity index (χ2v) is 7.00. The Kier molecular flexibility index (Phi) is 3.51. The zero-order valence-electron chi connectivity index (χ0n) is 15.6. The first-order chi connectivity index (χ1) is 14.9. The molecule has 3 aromatic heterocycles. The number of pyridine rings is 2. The number of hydrogen-bond acceptors (Lipinski definition) is 7. The number of aromatic amines is 1. The van der Waals surface area contributed by atoms with Crippen LogP contribution in [0.15, 0.2) is 88.5 Å². The molecular formula is C22H14N8. The standard InChI is InChI=1S/C22H14N8/c1-5-14-7-3-11-23-18(14)16(9-1)20-21(27-30-26-20)22(13-25-29-28-22)17-10-2-6-15-8-4-12-24-19(15)17/h1-13H,(H,26,27,30). The highest BCUT2D eigenvalue weighted by Crippen LogP contribution is 2.41. The van der Waals surface area contributed by atoms with E-state index in [0.29, 0.717) is 11.4 Å². The summed E-state index contributed by atoms with van der Waals surface area (Å²) in [4.78, 5) is 9.17. The average molecular weight is 390 g/mol. The molecule has 0 bridgehead atoms. The van der Waals surface area contributed by atoms with Crippen molar-refractivity contribution in [2.24, 2.45) is 15.4 Å². The monoisotopic (exact) mass is 390 g/mol. The maximum atomic E-state index is 4.60. The Morgan fingerprint density at radius 3 is 2.30 bits per heavy atom. The van der Waals surface area contributed by atoms with Gasteiger partial charge in [-0.25, -0.2) is 0 Å². The molecule has 0 aliphatic carbocycles. The van der Waals surface area contributed by atoms with E-state index in [1.165, 1.54) is 0 Å². The minimum Gasteiger partial charge on any atom is -0.258 e. The van der Waals surface area contributed by atoms with E-state index in [1.807, 2.05) is 60.7 Å². The fourth-order valence-corrected chi connectivity index (χ4v) is 3.99. The number of benzene rings is 2. The molecule has 142 valence electrons. The summed E-state index contributed by atoms with van der Waals surface area (Å²) in [6.07, 6.45) is 5.24. The Labute approximate surface area is 170 Å². The molecule has 0 spiro atoms. The molecule has 4 heterocycles. The third-order valence-electron chi connectivity index (χ3n) is 5.36. The second-order valence-electron chi connectivity index (χ2n) is 7.00. The average Bonchev–Trinajstić information content (AvgIpc) is 3.49. The first kappa shape index (κ1) is 16.6. The third-order valence-corrected chi connectivity index (χ3v) is 5.36. The van der Waals surface area contributed by atoms with Crippen LogP contribution in [-0.4, -0.2) is 31.6 Å². The highest BCUT2D eigenvalue weighted by molar-refractivity contribution is 5.96. The Morgan fingerprint density at radius 1 is 0.767 bits per heavy atom. The summed E-state index contributed by atoms with van der Waals surface area (Å²) in [6.45, 7) is 0. The van der Waals surface area contributed by atoms with Crippen LogP contribution in [0.3, 0.4) is 0 Å². The van der Waals surface area contributed by atoms with Gasteiger partial charge >= 0.3 is 0 Å². The van der Waals surface area contributed by atoms with Crippen LogP contribution < -0.4 is 0 Å². The smallest absolute Gasteiger partial charge is 0.191 e. The molecule has 8 nitrogen and oxygen atoms in total. The maximum absolute atomic E-state index is 4.60. The minimum absolute atomic E-state index is 0.652. The fourth-order valence-electron chi connectivity index (χ4n) is 3.99. The Morgan fingerprint density at radius 2 is 1.50 bits per heavy atom. The number of rotatable bonds is 3. The summed E-state index contributed by atoms with van der Waals surface area (Å²) in [6, 6.07) is 19.8. The number of aromatic nitrogens is 5. The Balaban J connectivity index is 1.65. The molecule has 0 saturated carbocycles. The van der Waals surface area contributed by atoms with Crippen LogP contribution in [0.2, 0.25) is 0 Å². The van der Waals surface area contributed by atoms with Gasteiger partial charge in [0, 0.05) is 34.3 Å². The predicted molar refractivity (Wildman–Crippen MR) is 113 cm³/mol. The van der Waals surface area contributed by atoms with Crippen LogP contribution in [0.5, 0.6) is 0 Å². The SMILES string of the molecule is C1=NN=NC1(c1[nH]nnc1-c1cccc2cccnc12)c1cccc2cccnc12. The lowest BCUT2D eigenvalue weighted by molar-refractivity contribution is 0.692. The van der Waals surface area contributed by atoms with E-state index in [9.17, 15) is 0 Å². The van der Waals surface area contributed by atoms with Gasteiger partial charge in [-0.15, -0.1) is 15.3 Å². The normalized spacial score (nSPS) is 17.9. The molecule has 8 heteroatoms. The molecule has 1 unspecified atom stereocenters. The summed E-state index contributed by atoms with van der Waals surface area (Å²) >= 11 is 0. The van der Waals surface area contributed by atoms with Crippen molar-refractivity contribution in [3.8, 4) is 11.3 Å². The second kappa shape index (κ2) is 6.35. The van der Waals surface area contributed by atoms with E-state index in [0.717, 1.165) is 32.9 Å². The number of hydrogen-bond donors (Lipinski definition) is 1. The van der Waals surface area contributed by atoms with Crippen molar-refractivity contribution in [2.45, 2.75) is 5.54 Å². The van der Waals surface area contributed by atoms with Gasteiger partial charge in [0.25, 0.3) is 0 Å². The highest BCUT2D eigenvalue weighted by Gasteiger charge is 2.42. The number of para-hydroxylation sites is 2. The zero-order valence-corrected chi connectivity index (χ0v) is 15.6. The van der Waals surface area contributed by atoms with Crippen molar-refractivity contribution in [2.75, 3.05) is 0 Å². The van der Waals surface area contributed by atoms with E-state index < -0.39 is 5.54 Å². The topological polar surface area (TPSA) is 104 Å². The number of nitrogens with zero attached hydrogens (tertiary/aromatic N) is 7. The van der Waals surface area contributed by atoms with Crippen LogP contribution in [0.4, 0.5) is 0 Å². The van der Waals surface area contributed by atoms with Gasteiger partial charge in [-0.1, -0.05) is 53.7 Å². The van der Waals surface area contributed by atoms with Crippen molar-refractivity contribution in [3.05, 3.63) is 84.3 Å². The lowest BCUT2D eigenvalue weighted by Gasteiger charge is -2.22. The lowest BCUT2D eigenvalue weighted by Crippen LogP contribution is -2.27. The number of fused-ring (bicyclic) bond motifs is 2. The molecule has 1 aliphatic rings. The third kappa shape index (κ3) is 2.30. The first-order valence-corrected chi connectivity index (χ1v) is 9.43.